The monoisotopic (exact) mass is 392 g/mol. The molecule has 0 aliphatic carbocycles. The summed E-state index contributed by atoms with van der Waals surface area (Å²) in [4.78, 5) is 25.7. The third-order valence-electron chi connectivity index (χ3n) is 3.92. The summed E-state index contributed by atoms with van der Waals surface area (Å²) in [5, 5.41) is 6.53. The minimum atomic E-state index is -0.112. The molecule has 0 saturated carbocycles. The van der Waals surface area contributed by atoms with E-state index < -0.39 is 0 Å². The molecule has 0 atom stereocenters. The minimum Gasteiger partial charge on any atom is -0.301 e. The van der Waals surface area contributed by atoms with Gasteiger partial charge in [-0.15, -0.1) is 11.3 Å². The topological polar surface area (TPSA) is 67.8 Å². The number of benzene rings is 2. The number of amides is 1. The number of thioether (sulfide) groups is 1. The highest BCUT2D eigenvalue weighted by Gasteiger charge is 2.10. The fourth-order valence-electron chi connectivity index (χ4n) is 2.73. The van der Waals surface area contributed by atoms with E-state index in [0.29, 0.717) is 10.3 Å². The average molecular weight is 393 g/mol. The van der Waals surface area contributed by atoms with Crippen LogP contribution < -0.4 is 5.32 Å². The maximum absolute atomic E-state index is 12.1. The molecule has 4 aromatic rings. The Labute approximate surface area is 164 Å². The number of carbonyl (C=O) groups is 1. The molecule has 0 bridgehead atoms. The third-order valence-corrected chi connectivity index (χ3v) is 5.71. The van der Waals surface area contributed by atoms with Crippen molar-refractivity contribution in [2.75, 3.05) is 11.1 Å². The van der Waals surface area contributed by atoms with Gasteiger partial charge in [0.25, 0.3) is 0 Å². The molecule has 134 valence electrons. The van der Waals surface area contributed by atoms with Crippen LogP contribution in [0.1, 0.15) is 10.4 Å². The van der Waals surface area contributed by atoms with Gasteiger partial charge in [0.05, 0.1) is 5.75 Å². The Morgan fingerprint density at radius 1 is 1.00 bits per heavy atom. The number of thiazole rings is 1. The van der Waals surface area contributed by atoms with Crippen LogP contribution in [0.3, 0.4) is 0 Å². The summed E-state index contributed by atoms with van der Waals surface area (Å²) >= 11 is 2.80. The smallest absolute Gasteiger partial charge is 0.236 e. The predicted molar refractivity (Wildman–Crippen MR) is 110 cm³/mol. The van der Waals surface area contributed by atoms with Crippen molar-refractivity contribution >= 4 is 44.9 Å². The normalized spacial score (nSPS) is 10.8. The lowest BCUT2D eigenvalue weighted by Crippen LogP contribution is -2.13. The SMILES string of the molecule is O=C(CSc1ncccn1)Nc1ncc(Cc2cccc3ccccc23)s1. The molecule has 1 amide bonds. The maximum Gasteiger partial charge on any atom is 0.236 e. The fraction of sp³-hybridized carbons (Fsp3) is 0.100. The Morgan fingerprint density at radius 2 is 1.81 bits per heavy atom. The van der Waals surface area contributed by atoms with Gasteiger partial charge in [0.1, 0.15) is 0 Å². The van der Waals surface area contributed by atoms with Gasteiger partial charge in [-0.2, -0.15) is 0 Å². The van der Waals surface area contributed by atoms with Gasteiger partial charge in [-0.05, 0) is 22.4 Å². The molecular formula is C20H16N4OS2. The Bertz CT molecular complexity index is 1060. The molecule has 5 nitrogen and oxygen atoms in total. The molecule has 2 heterocycles. The van der Waals surface area contributed by atoms with Crippen LogP contribution in [0.5, 0.6) is 0 Å². The molecule has 0 unspecified atom stereocenters. The molecular weight excluding hydrogens is 376 g/mol. The first-order valence-electron chi connectivity index (χ1n) is 8.39. The van der Waals surface area contributed by atoms with Gasteiger partial charge >= 0.3 is 0 Å². The fourth-order valence-corrected chi connectivity index (χ4v) is 4.18. The molecule has 0 spiro atoms. The van der Waals surface area contributed by atoms with Crippen LogP contribution in [-0.4, -0.2) is 26.6 Å². The van der Waals surface area contributed by atoms with Crippen molar-refractivity contribution in [1.82, 2.24) is 15.0 Å². The second-order valence-electron chi connectivity index (χ2n) is 5.81. The standard InChI is InChI=1S/C20H16N4OS2/c25-18(13-26-19-21-9-4-10-22-19)24-20-23-12-16(27-20)11-15-7-3-6-14-5-1-2-8-17(14)15/h1-10,12H,11,13H2,(H,23,24,25). The first kappa shape index (κ1) is 17.6. The van der Waals surface area contributed by atoms with E-state index in [0.717, 1.165) is 11.3 Å². The van der Waals surface area contributed by atoms with Crippen molar-refractivity contribution in [1.29, 1.82) is 0 Å². The summed E-state index contributed by atoms with van der Waals surface area (Å²) < 4.78 is 0. The molecule has 1 N–H and O–H groups in total. The van der Waals surface area contributed by atoms with Gasteiger partial charge in [-0.3, -0.25) is 4.79 Å². The van der Waals surface area contributed by atoms with E-state index >= 15 is 0 Å². The Hall–Kier alpha value is -2.77. The van der Waals surface area contributed by atoms with Crippen LogP contribution >= 0.6 is 23.1 Å². The largest absolute Gasteiger partial charge is 0.301 e. The van der Waals surface area contributed by atoms with E-state index in [9.17, 15) is 4.79 Å². The van der Waals surface area contributed by atoms with Crippen LogP contribution in [0, 0.1) is 0 Å². The number of anilines is 1. The molecule has 0 fully saturated rings. The Morgan fingerprint density at radius 3 is 2.70 bits per heavy atom. The molecule has 0 aliphatic heterocycles. The average Bonchev–Trinajstić information content (AvgIpc) is 3.14. The highest BCUT2D eigenvalue weighted by Crippen LogP contribution is 2.25. The summed E-state index contributed by atoms with van der Waals surface area (Å²) in [5.41, 5.74) is 1.26. The second kappa shape index (κ2) is 8.28. The van der Waals surface area contributed by atoms with Gasteiger partial charge in [-0.25, -0.2) is 15.0 Å². The van der Waals surface area contributed by atoms with Crippen molar-refractivity contribution in [3.05, 3.63) is 77.6 Å². The van der Waals surface area contributed by atoms with Crippen molar-refractivity contribution in [2.45, 2.75) is 11.6 Å². The summed E-state index contributed by atoms with van der Waals surface area (Å²) in [6.07, 6.45) is 5.94. The van der Waals surface area contributed by atoms with Gasteiger partial charge in [0.2, 0.25) is 5.91 Å². The summed E-state index contributed by atoms with van der Waals surface area (Å²) in [6.45, 7) is 0. The first-order valence-corrected chi connectivity index (χ1v) is 10.2. The maximum atomic E-state index is 12.1. The second-order valence-corrected chi connectivity index (χ2v) is 7.87. The Kier molecular flexibility index (Phi) is 5.41. The molecule has 2 aromatic carbocycles. The molecule has 4 rings (SSSR count). The lowest BCUT2D eigenvalue weighted by Gasteiger charge is -2.04. The van der Waals surface area contributed by atoms with Crippen LogP contribution in [0.4, 0.5) is 5.13 Å². The minimum absolute atomic E-state index is 0.112. The third kappa shape index (κ3) is 4.50. The van der Waals surface area contributed by atoms with Gasteiger partial charge in [0.15, 0.2) is 10.3 Å². The zero-order chi connectivity index (χ0) is 18.5. The van der Waals surface area contributed by atoms with E-state index in [1.807, 2.05) is 12.3 Å². The van der Waals surface area contributed by atoms with Gasteiger partial charge < -0.3 is 5.32 Å². The summed E-state index contributed by atoms with van der Waals surface area (Å²) in [5.74, 6) is 0.140. The highest BCUT2D eigenvalue weighted by atomic mass is 32.2. The molecule has 0 radical (unpaired) electrons. The number of hydrogen-bond acceptors (Lipinski definition) is 6. The van der Waals surface area contributed by atoms with Crippen molar-refractivity contribution in [2.24, 2.45) is 0 Å². The van der Waals surface area contributed by atoms with Crippen molar-refractivity contribution in [3.8, 4) is 0 Å². The quantitative estimate of drug-likeness (QED) is 0.389. The lowest BCUT2D eigenvalue weighted by atomic mass is 10.0. The van der Waals surface area contributed by atoms with Crippen LogP contribution in [-0.2, 0) is 11.2 Å². The number of nitrogens with zero attached hydrogens (tertiary/aromatic N) is 3. The van der Waals surface area contributed by atoms with Crippen molar-refractivity contribution < 1.29 is 4.79 Å². The number of carbonyl (C=O) groups excluding carboxylic acids is 1. The Balaban J connectivity index is 1.39. The van der Waals surface area contributed by atoms with Crippen molar-refractivity contribution in [3.63, 3.8) is 0 Å². The van der Waals surface area contributed by atoms with E-state index in [-0.39, 0.29) is 11.7 Å². The van der Waals surface area contributed by atoms with Crippen LogP contribution in [0.15, 0.2) is 72.3 Å². The van der Waals surface area contributed by atoms with Gasteiger partial charge in [-0.1, -0.05) is 54.2 Å². The zero-order valence-corrected chi connectivity index (χ0v) is 16.0. The zero-order valence-electron chi connectivity index (χ0n) is 14.3. The highest BCUT2D eigenvalue weighted by molar-refractivity contribution is 7.99. The summed E-state index contributed by atoms with van der Waals surface area (Å²) in [6, 6.07) is 16.4. The number of nitrogens with one attached hydrogen (secondary N) is 1. The molecule has 2 aromatic heterocycles. The molecule has 0 aliphatic rings. The molecule has 7 heteroatoms. The van der Waals surface area contributed by atoms with Gasteiger partial charge in [0, 0.05) is 29.9 Å². The number of hydrogen-bond donors (Lipinski definition) is 1. The number of fused-ring (bicyclic) bond motifs is 1. The summed E-state index contributed by atoms with van der Waals surface area (Å²) in [7, 11) is 0. The first-order chi connectivity index (χ1) is 13.3. The molecule has 0 saturated heterocycles. The van der Waals surface area contributed by atoms with E-state index in [2.05, 4.69) is 56.7 Å². The number of aromatic nitrogens is 3. The van der Waals surface area contributed by atoms with E-state index in [1.54, 1.807) is 18.5 Å². The van der Waals surface area contributed by atoms with E-state index in [1.165, 1.54) is 39.4 Å². The van der Waals surface area contributed by atoms with Crippen LogP contribution in [0.25, 0.3) is 10.8 Å². The van der Waals surface area contributed by atoms with E-state index in [4.69, 9.17) is 0 Å². The predicted octanol–water partition coefficient (Wildman–Crippen LogP) is 4.41. The number of rotatable bonds is 6. The van der Waals surface area contributed by atoms with Crippen LogP contribution in [0.2, 0.25) is 0 Å². The lowest BCUT2D eigenvalue weighted by molar-refractivity contribution is -0.113. The molecule has 27 heavy (non-hydrogen) atoms.